The smallest absolute Gasteiger partial charge is 0.282 e. The number of nitrogens with zero attached hydrogens (tertiary/aromatic N) is 5. The van der Waals surface area contributed by atoms with Crippen molar-refractivity contribution in [2.75, 3.05) is 18.4 Å². The van der Waals surface area contributed by atoms with Gasteiger partial charge in [-0.3, -0.25) is 4.79 Å². The van der Waals surface area contributed by atoms with Gasteiger partial charge in [0.2, 0.25) is 5.91 Å². The molecule has 3 aromatic heterocycles. The van der Waals surface area contributed by atoms with Gasteiger partial charge in [-0.25, -0.2) is 18.7 Å². The monoisotopic (exact) mass is 458 g/mol. The van der Waals surface area contributed by atoms with Crippen molar-refractivity contribution in [3.8, 4) is 0 Å². The zero-order valence-corrected chi connectivity index (χ0v) is 17.8. The van der Waals surface area contributed by atoms with Gasteiger partial charge in [-0.2, -0.15) is 0 Å². The summed E-state index contributed by atoms with van der Waals surface area (Å²) in [6.45, 7) is -0.915. The topological polar surface area (TPSA) is 83.9 Å². The Labute approximate surface area is 183 Å². The van der Waals surface area contributed by atoms with E-state index in [1.807, 2.05) is 18.2 Å². The number of amides is 1. The van der Waals surface area contributed by atoms with Crippen LogP contribution < -0.4 is 5.32 Å². The Morgan fingerprint density at radius 2 is 2.13 bits per heavy atom. The predicted molar refractivity (Wildman–Crippen MR) is 115 cm³/mol. The molecule has 11 heteroatoms. The van der Waals surface area contributed by atoms with Crippen LogP contribution in [0.1, 0.15) is 16.9 Å². The number of nitrogens with one attached hydrogen (secondary N) is 1. The van der Waals surface area contributed by atoms with Gasteiger partial charge in [-0.1, -0.05) is 4.49 Å². The van der Waals surface area contributed by atoms with E-state index in [0.29, 0.717) is 19.3 Å². The minimum Gasteiger partial charge on any atom is -0.340 e. The van der Waals surface area contributed by atoms with Gasteiger partial charge in [-0.05, 0) is 54.6 Å². The molecule has 2 aliphatic rings. The van der Waals surface area contributed by atoms with Crippen molar-refractivity contribution in [2.24, 2.45) is 5.92 Å². The number of rotatable bonds is 3. The zero-order chi connectivity index (χ0) is 21.2. The van der Waals surface area contributed by atoms with Crippen LogP contribution >= 0.6 is 22.9 Å². The second kappa shape index (κ2) is 6.86. The van der Waals surface area contributed by atoms with E-state index in [1.165, 1.54) is 22.8 Å². The number of alkyl halides is 2. The number of hydrogen-bond donors (Lipinski definition) is 1. The molecule has 1 aliphatic heterocycles. The molecule has 1 N–H and O–H groups in total. The molecule has 1 aromatic carbocycles. The van der Waals surface area contributed by atoms with E-state index in [2.05, 4.69) is 24.9 Å². The minimum atomic E-state index is -2.73. The second-order valence-corrected chi connectivity index (χ2v) is 9.85. The van der Waals surface area contributed by atoms with E-state index >= 15 is 0 Å². The molecule has 0 spiro atoms. The van der Waals surface area contributed by atoms with Crippen molar-refractivity contribution in [2.45, 2.75) is 25.2 Å². The SMILES string of the molecule is O=C([C@H]1CCc2c(sc3ncnc(Nc4ccc5nnsc5c4)c23)C1)N1CC(F)(F)C1. The van der Waals surface area contributed by atoms with Crippen LogP contribution in [0.5, 0.6) is 0 Å². The summed E-state index contributed by atoms with van der Waals surface area (Å²) in [5.74, 6) is -2.42. The molecule has 1 atom stereocenters. The van der Waals surface area contributed by atoms with Crippen molar-refractivity contribution < 1.29 is 13.6 Å². The lowest BCUT2D eigenvalue weighted by Crippen LogP contribution is -2.60. The third kappa shape index (κ3) is 3.23. The lowest BCUT2D eigenvalue weighted by molar-refractivity contribution is -0.169. The summed E-state index contributed by atoms with van der Waals surface area (Å²) < 4.78 is 31.3. The van der Waals surface area contributed by atoms with Crippen molar-refractivity contribution in [1.82, 2.24) is 24.5 Å². The van der Waals surface area contributed by atoms with Crippen molar-refractivity contribution in [1.29, 1.82) is 0 Å². The maximum atomic E-state index is 13.2. The summed E-state index contributed by atoms with van der Waals surface area (Å²) in [5, 5.41) is 8.43. The Bertz CT molecular complexity index is 1330. The molecule has 1 saturated heterocycles. The Hall–Kier alpha value is -2.79. The van der Waals surface area contributed by atoms with Crippen LogP contribution in [0.2, 0.25) is 0 Å². The van der Waals surface area contributed by atoms with Crippen molar-refractivity contribution >= 4 is 60.7 Å². The van der Waals surface area contributed by atoms with Gasteiger partial charge < -0.3 is 10.2 Å². The number of fused-ring (bicyclic) bond motifs is 4. The highest BCUT2D eigenvalue weighted by molar-refractivity contribution is 7.19. The Kier molecular flexibility index (Phi) is 4.19. The Morgan fingerprint density at radius 1 is 1.26 bits per heavy atom. The third-order valence-electron chi connectivity index (χ3n) is 5.86. The molecule has 4 aromatic rings. The molecular formula is C20H16F2N6OS2. The van der Waals surface area contributed by atoms with E-state index in [-0.39, 0.29) is 11.8 Å². The largest absolute Gasteiger partial charge is 0.340 e. The highest BCUT2D eigenvalue weighted by atomic mass is 32.1. The number of likely N-dealkylation sites (tertiary alicyclic amines) is 1. The van der Waals surface area contributed by atoms with Gasteiger partial charge >= 0.3 is 0 Å². The summed E-state index contributed by atoms with van der Waals surface area (Å²) in [7, 11) is 0. The number of anilines is 2. The van der Waals surface area contributed by atoms with E-state index in [9.17, 15) is 13.6 Å². The highest BCUT2D eigenvalue weighted by Gasteiger charge is 2.48. The van der Waals surface area contributed by atoms with E-state index < -0.39 is 19.0 Å². The molecule has 0 unspecified atom stereocenters. The first kappa shape index (κ1) is 18.9. The molecule has 0 radical (unpaired) electrons. The molecule has 0 saturated carbocycles. The van der Waals surface area contributed by atoms with Crippen molar-refractivity contribution in [3.63, 3.8) is 0 Å². The fraction of sp³-hybridized carbons (Fsp3) is 0.350. The zero-order valence-electron chi connectivity index (χ0n) is 16.1. The highest BCUT2D eigenvalue weighted by Crippen LogP contribution is 2.41. The summed E-state index contributed by atoms with van der Waals surface area (Å²) >= 11 is 2.90. The van der Waals surface area contributed by atoms with Gasteiger partial charge in [0.1, 0.15) is 22.5 Å². The normalized spacial score (nSPS) is 19.9. The van der Waals surface area contributed by atoms with Gasteiger partial charge in [0, 0.05) is 16.5 Å². The lowest BCUT2D eigenvalue weighted by atomic mass is 9.86. The molecule has 158 valence electrons. The van der Waals surface area contributed by atoms with Crippen LogP contribution in [0.15, 0.2) is 24.5 Å². The van der Waals surface area contributed by atoms with Gasteiger partial charge in [-0.15, -0.1) is 16.4 Å². The van der Waals surface area contributed by atoms with E-state index in [4.69, 9.17) is 0 Å². The third-order valence-corrected chi connectivity index (χ3v) is 7.71. The second-order valence-electron chi connectivity index (χ2n) is 7.98. The number of aryl methyl sites for hydroxylation is 1. The van der Waals surface area contributed by atoms with Crippen LogP contribution in [-0.2, 0) is 17.6 Å². The van der Waals surface area contributed by atoms with Crippen LogP contribution in [0, 0.1) is 5.92 Å². The molecule has 4 heterocycles. The first-order valence-electron chi connectivity index (χ1n) is 9.88. The average molecular weight is 459 g/mol. The number of carbonyl (C=O) groups excluding carboxylic acids is 1. The van der Waals surface area contributed by atoms with E-state index in [0.717, 1.165) is 42.4 Å². The van der Waals surface area contributed by atoms with Crippen LogP contribution in [0.4, 0.5) is 20.3 Å². The summed E-state index contributed by atoms with van der Waals surface area (Å²) in [5.41, 5.74) is 2.90. The quantitative estimate of drug-likeness (QED) is 0.499. The maximum Gasteiger partial charge on any atom is 0.282 e. The fourth-order valence-electron chi connectivity index (χ4n) is 4.33. The standard InChI is InChI=1S/C20H16F2N6OS2/c21-20(22)7-28(8-20)19(29)10-1-3-12-14(5-10)30-18-16(12)17(23-9-24-18)25-11-2-4-13-15(6-11)31-27-26-13/h2,4,6,9-10H,1,3,5,7-8H2,(H,23,24,25)/t10-/m0/s1. The molecule has 1 amide bonds. The Morgan fingerprint density at radius 3 is 2.97 bits per heavy atom. The molecule has 1 fully saturated rings. The number of benzene rings is 1. The maximum absolute atomic E-state index is 13.2. The van der Waals surface area contributed by atoms with E-state index in [1.54, 1.807) is 11.3 Å². The van der Waals surface area contributed by atoms with Gasteiger partial charge in [0.05, 0.1) is 23.2 Å². The number of hydrogen-bond acceptors (Lipinski definition) is 8. The molecule has 1 aliphatic carbocycles. The predicted octanol–water partition coefficient (Wildman–Crippen LogP) is 4.02. The summed E-state index contributed by atoms with van der Waals surface area (Å²) in [6.07, 6.45) is 3.45. The molecule has 6 rings (SSSR count). The van der Waals surface area contributed by atoms with Crippen LogP contribution in [0.25, 0.3) is 20.4 Å². The molecule has 7 nitrogen and oxygen atoms in total. The van der Waals surface area contributed by atoms with Crippen LogP contribution in [-0.4, -0.2) is 49.4 Å². The number of thiophene rings is 1. The number of aromatic nitrogens is 4. The molecule has 0 bridgehead atoms. The Balaban J connectivity index is 1.29. The fourth-order valence-corrected chi connectivity index (χ4v) is 6.20. The summed E-state index contributed by atoms with van der Waals surface area (Å²) in [4.78, 5) is 24.8. The lowest BCUT2D eigenvalue weighted by Gasteiger charge is -2.41. The molecule has 31 heavy (non-hydrogen) atoms. The number of carbonyl (C=O) groups is 1. The molecular weight excluding hydrogens is 442 g/mol. The average Bonchev–Trinajstić information content (AvgIpc) is 3.35. The first-order chi connectivity index (χ1) is 15.0. The van der Waals surface area contributed by atoms with Gasteiger partial charge in [0.15, 0.2) is 0 Å². The minimum absolute atomic E-state index is 0.162. The van der Waals surface area contributed by atoms with Gasteiger partial charge in [0.25, 0.3) is 5.92 Å². The number of halogens is 2. The first-order valence-corrected chi connectivity index (χ1v) is 11.5. The van der Waals surface area contributed by atoms with Crippen molar-refractivity contribution in [3.05, 3.63) is 35.0 Å². The summed E-state index contributed by atoms with van der Waals surface area (Å²) in [6, 6.07) is 5.84. The van der Waals surface area contributed by atoms with Crippen LogP contribution in [0.3, 0.4) is 0 Å².